The van der Waals surface area contributed by atoms with Crippen molar-refractivity contribution in [2.45, 2.75) is 16.9 Å². The van der Waals surface area contributed by atoms with Gasteiger partial charge in [0.25, 0.3) is 0 Å². The highest BCUT2D eigenvalue weighted by atomic mass is 32.2. The van der Waals surface area contributed by atoms with Gasteiger partial charge in [0.05, 0.1) is 16.7 Å². The Kier molecular flexibility index (Phi) is 2.56. The van der Waals surface area contributed by atoms with Gasteiger partial charge in [-0.25, -0.2) is 18.4 Å². The van der Waals surface area contributed by atoms with Crippen molar-refractivity contribution in [1.82, 2.24) is 15.3 Å². The lowest BCUT2D eigenvalue weighted by atomic mass is 10.00. The molecule has 1 fully saturated rings. The molecular weight excluding hydrogens is 252 g/mol. The van der Waals surface area contributed by atoms with E-state index in [1.165, 1.54) is 0 Å². The van der Waals surface area contributed by atoms with Gasteiger partial charge in [0.15, 0.2) is 9.84 Å². The first kappa shape index (κ1) is 11.9. The Balaban J connectivity index is 2.13. The van der Waals surface area contributed by atoms with Crippen LogP contribution in [-0.2, 0) is 15.6 Å². The average Bonchev–Trinajstić information content (AvgIpc) is 2.78. The average molecular weight is 268 g/mol. The van der Waals surface area contributed by atoms with Crippen molar-refractivity contribution in [2.75, 3.05) is 32.1 Å². The molecule has 2 aliphatic rings. The summed E-state index contributed by atoms with van der Waals surface area (Å²) in [6.07, 6.45) is 1.66. The highest BCUT2D eigenvalue weighted by Gasteiger charge is 2.44. The minimum absolute atomic E-state index is 0.0274. The first-order chi connectivity index (χ1) is 8.49. The number of nitrogens with zero attached hydrogens (tertiary/aromatic N) is 3. The van der Waals surface area contributed by atoms with Crippen LogP contribution in [0.2, 0.25) is 0 Å². The number of aromatic nitrogens is 2. The third kappa shape index (κ3) is 1.69. The molecule has 0 radical (unpaired) electrons. The molecule has 0 unspecified atom stereocenters. The van der Waals surface area contributed by atoms with Gasteiger partial charge in [-0.15, -0.1) is 0 Å². The largest absolute Gasteiger partial charge is 0.347 e. The molecule has 1 saturated heterocycles. The van der Waals surface area contributed by atoms with Crippen molar-refractivity contribution in [3.05, 3.63) is 17.5 Å². The van der Waals surface area contributed by atoms with Crippen molar-refractivity contribution < 1.29 is 8.42 Å². The molecule has 1 N–H and O–H groups in total. The molecule has 3 rings (SSSR count). The molecule has 0 saturated carbocycles. The van der Waals surface area contributed by atoms with Crippen molar-refractivity contribution in [3.8, 4) is 0 Å². The van der Waals surface area contributed by atoms with Gasteiger partial charge >= 0.3 is 0 Å². The highest BCUT2D eigenvalue weighted by molar-refractivity contribution is 7.91. The Morgan fingerprint density at radius 3 is 2.89 bits per heavy atom. The number of rotatable bonds is 1. The van der Waals surface area contributed by atoms with Gasteiger partial charge in [0, 0.05) is 44.9 Å². The molecule has 0 spiro atoms. The summed E-state index contributed by atoms with van der Waals surface area (Å²) in [7, 11) is 0.698. The van der Waals surface area contributed by atoms with Gasteiger partial charge in [0.2, 0.25) is 5.95 Å². The van der Waals surface area contributed by atoms with Crippen LogP contribution in [0.4, 0.5) is 5.95 Å². The van der Waals surface area contributed by atoms with Crippen LogP contribution in [0.3, 0.4) is 0 Å². The molecule has 0 amide bonds. The monoisotopic (exact) mass is 268 g/mol. The first-order valence-electron chi connectivity index (χ1n) is 5.94. The van der Waals surface area contributed by atoms with Crippen LogP contribution >= 0.6 is 0 Å². The van der Waals surface area contributed by atoms with Gasteiger partial charge in [-0.1, -0.05) is 0 Å². The summed E-state index contributed by atoms with van der Waals surface area (Å²) in [4.78, 5) is 10.6. The number of hydrogen-bond donors (Lipinski definition) is 1. The van der Waals surface area contributed by atoms with Crippen molar-refractivity contribution >= 4 is 15.8 Å². The second kappa shape index (κ2) is 3.89. The van der Waals surface area contributed by atoms with Crippen molar-refractivity contribution in [2.24, 2.45) is 0 Å². The van der Waals surface area contributed by atoms with E-state index in [1.807, 2.05) is 19.0 Å². The van der Waals surface area contributed by atoms with Gasteiger partial charge in [-0.2, -0.15) is 0 Å². The quantitative estimate of drug-likeness (QED) is 0.742. The van der Waals surface area contributed by atoms with Gasteiger partial charge < -0.3 is 10.2 Å². The number of fused-ring (bicyclic) bond motifs is 3. The molecule has 0 bridgehead atoms. The molecule has 1 aromatic heterocycles. The number of nitrogens with one attached hydrogen (secondary N) is 1. The summed E-state index contributed by atoms with van der Waals surface area (Å²) in [6.45, 7) is 1.22. The molecule has 1 aromatic rings. The van der Waals surface area contributed by atoms with E-state index in [2.05, 4.69) is 15.3 Å². The van der Waals surface area contributed by atoms with E-state index < -0.39 is 9.84 Å². The molecule has 2 aliphatic heterocycles. The lowest BCUT2D eigenvalue weighted by Gasteiger charge is -2.27. The summed E-state index contributed by atoms with van der Waals surface area (Å²) >= 11 is 0. The SMILES string of the molecule is CN(C)c1ncc2c(n1)[C@H]1CNC[C@H]1S(=O)(=O)C2. The highest BCUT2D eigenvalue weighted by Crippen LogP contribution is 2.36. The Morgan fingerprint density at radius 2 is 2.17 bits per heavy atom. The summed E-state index contributed by atoms with van der Waals surface area (Å²) in [6, 6.07) is 0. The second-order valence-corrected chi connectivity index (χ2v) is 7.31. The number of sulfone groups is 1. The van der Waals surface area contributed by atoms with E-state index in [1.54, 1.807) is 6.20 Å². The smallest absolute Gasteiger partial charge is 0.225 e. The third-order valence-corrected chi connectivity index (χ3v) is 5.74. The van der Waals surface area contributed by atoms with E-state index in [0.717, 1.165) is 11.3 Å². The zero-order valence-electron chi connectivity index (χ0n) is 10.4. The fourth-order valence-electron chi connectivity index (χ4n) is 2.69. The Labute approximate surface area is 106 Å². The number of hydrogen-bond acceptors (Lipinski definition) is 6. The predicted octanol–water partition coefficient (Wildman–Crippen LogP) is -0.474. The van der Waals surface area contributed by atoms with Crippen LogP contribution in [0.1, 0.15) is 17.2 Å². The fraction of sp³-hybridized carbons (Fsp3) is 0.636. The molecule has 2 atom stereocenters. The van der Waals surface area contributed by atoms with Crippen LogP contribution in [0, 0.1) is 0 Å². The van der Waals surface area contributed by atoms with E-state index in [4.69, 9.17) is 0 Å². The normalized spacial score (nSPS) is 28.6. The molecule has 18 heavy (non-hydrogen) atoms. The Morgan fingerprint density at radius 1 is 1.39 bits per heavy atom. The molecule has 0 aliphatic carbocycles. The maximum absolute atomic E-state index is 12.1. The van der Waals surface area contributed by atoms with E-state index >= 15 is 0 Å². The summed E-state index contributed by atoms with van der Waals surface area (Å²) < 4.78 is 24.3. The molecule has 0 aromatic carbocycles. The number of anilines is 1. The molecule has 7 heteroatoms. The Bertz CT molecular complexity index is 585. The fourth-order valence-corrected chi connectivity index (χ4v) is 4.65. The van der Waals surface area contributed by atoms with Crippen LogP contribution in [0.25, 0.3) is 0 Å². The predicted molar refractivity (Wildman–Crippen MR) is 68.4 cm³/mol. The molecule has 3 heterocycles. The third-order valence-electron chi connectivity index (χ3n) is 3.61. The van der Waals surface area contributed by atoms with Crippen LogP contribution in [0.5, 0.6) is 0 Å². The summed E-state index contributed by atoms with van der Waals surface area (Å²) in [5.41, 5.74) is 1.66. The maximum atomic E-state index is 12.1. The van der Waals surface area contributed by atoms with Gasteiger partial charge in [-0.3, -0.25) is 0 Å². The zero-order chi connectivity index (χ0) is 12.9. The maximum Gasteiger partial charge on any atom is 0.225 e. The molecule has 6 nitrogen and oxygen atoms in total. The zero-order valence-corrected chi connectivity index (χ0v) is 11.2. The van der Waals surface area contributed by atoms with E-state index in [0.29, 0.717) is 19.0 Å². The Hall–Kier alpha value is -1.21. The van der Waals surface area contributed by atoms with Gasteiger partial charge in [-0.05, 0) is 0 Å². The minimum Gasteiger partial charge on any atom is -0.347 e. The van der Waals surface area contributed by atoms with E-state index in [9.17, 15) is 8.42 Å². The van der Waals surface area contributed by atoms with Gasteiger partial charge in [0.1, 0.15) is 0 Å². The summed E-state index contributed by atoms with van der Waals surface area (Å²) in [5, 5.41) is 2.83. The lowest BCUT2D eigenvalue weighted by molar-refractivity contribution is 0.563. The lowest BCUT2D eigenvalue weighted by Crippen LogP contribution is -2.35. The standard InChI is InChI=1S/C11H16N4O2S/c1-15(2)11-13-3-7-6-18(16,17)9-5-12-4-8(9)10(7)14-11/h3,8-9,12H,4-6H2,1-2H3/t8-,9+/m0/s1. The topological polar surface area (TPSA) is 75.2 Å². The molecular formula is C11H16N4O2S. The van der Waals surface area contributed by atoms with Crippen molar-refractivity contribution in [3.63, 3.8) is 0 Å². The first-order valence-corrected chi connectivity index (χ1v) is 7.66. The summed E-state index contributed by atoms with van der Waals surface area (Å²) in [5.74, 6) is 0.679. The minimum atomic E-state index is -3.06. The van der Waals surface area contributed by atoms with Crippen LogP contribution < -0.4 is 10.2 Å². The van der Waals surface area contributed by atoms with Crippen molar-refractivity contribution in [1.29, 1.82) is 0 Å². The van der Waals surface area contributed by atoms with Crippen LogP contribution in [-0.4, -0.2) is 50.8 Å². The van der Waals surface area contributed by atoms with E-state index in [-0.39, 0.29) is 16.9 Å². The second-order valence-electron chi connectivity index (χ2n) is 5.09. The van der Waals surface area contributed by atoms with Crippen LogP contribution in [0.15, 0.2) is 6.20 Å². The molecule has 98 valence electrons.